The molecule has 0 unspecified atom stereocenters. The second-order valence-electron chi connectivity index (χ2n) is 4.22. The van der Waals surface area contributed by atoms with E-state index in [0.29, 0.717) is 4.99 Å². The highest BCUT2D eigenvalue weighted by Gasteiger charge is 2.11. The number of benzene rings is 1. The molecular formula is C13H16N4S2. The second kappa shape index (κ2) is 6.08. The van der Waals surface area contributed by atoms with Crippen LogP contribution in [0.5, 0.6) is 0 Å². The third-order valence-corrected chi connectivity index (χ3v) is 3.80. The molecule has 0 atom stereocenters. The Hall–Kier alpha value is -1.53. The second-order valence-corrected chi connectivity index (χ2v) is 5.39. The van der Waals surface area contributed by atoms with Crippen molar-refractivity contribution in [3.05, 3.63) is 35.7 Å². The lowest BCUT2D eigenvalue weighted by Gasteiger charge is -2.16. The summed E-state index contributed by atoms with van der Waals surface area (Å²) in [4.78, 5) is 6.92. The zero-order valence-electron chi connectivity index (χ0n) is 11.0. The first-order valence-electron chi connectivity index (χ1n) is 6.08. The van der Waals surface area contributed by atoms with Gasteiger partial charge in [0.25, 0.3) is 0 Å². The number of hydrogen-bond acceptors (Lipinski definition) is 5. The van der Waals surface area contributed by atoms with E-state index >= 15 is 0 Å². The Kier molecular flexibility index (Phi) is 4.44. The number of aromatic nitrogens is 2. The van der Waals surface area contributed by atoms with Gasteiger partial charge in [0, 0.05) is 36.3 Å². The van der Waals surface area contributed by atoms with Crippen LogP contribution in [-0.4, -0.2) is 21.4 Å². The Labute approximate surface area is 122 Å². The monoisotopic (exact) mass is 292 g/mol. The van der Waals surface area contributed by atoms with Gasteiger partial charge in [0.15, 0.2) is 0 Å². The highest BCUT2D eigenvalue weighted by Crippen LogP contribution is 2.26. The highest BCUT2D eigenvalue weighted by molar-refractivity contribution is 7.80. The number of nitrogens with two attached hydrogens (primary N) is 1. The zero-order chi connectivity index (χ0) is 13.8. The number of nitrogens with zero attached hydrogens (tertiary/aromatic N) is 3. The van der Waals surface area contributed by atoms with E-state index in [4.69, 9.17) is 18.0 Å². The molecule has 100 valence electrons. The number of aryl methyl sites for hydroxylation is 1. The van der Waals surface area contributed by atoms with Gasteiger partial charge in [-0.3, -0.25) is 0 Å². The molecule has 2 aromatic rings. The van der Waals surface area contributed by atoms with Crippen LogP contribution in [0.2, 0.25) is 0 Å². The van der Waals surface area contributed by atoms with Crippen LogP contribution in [0.25, 0.3) is 0 Å². The molecule has 0 saturated carbocycles. The summed E-state index contributed by atoms with van der Waals surface area (Å²) in [7, 11) is 1.97. The Balaban J connectivity index is 2.24. The molecule has 6 heteroatoms. The van der Waals surface area contributed by atoms with Crippen molar-refractivity contribution in [3.8, 4) is 0 Å². The van der Waals surface area contributed by atoms with Gasteiger partial charge in [0.05, 0.1) is 0 Å². The highest BCUT2D eigenvalue weighted by atomic mass is 32.1. The fraction of sp³-hybridized carbons (Fsp3) is 0.308. The van der Waals surface area contributed by atoms with Gasteiger partial charge in [-0.25, -0.2) is 4.98 Å². The van der Waals surface area contributed by atoms with Crippen LogP contribution in [0.1, 0.15) is 24.7 Å². The Bertz CT molecular complexity index is 580. The molecule has 0 aliphatic heterocycles. The van der Waals surface area contributed by atoms with Crippen molar-refractivity contribution in [3.63, 3.8) is 0 Å². The number of anilines is 2. The van der Waals surface area contributed by atoms with Crippen LogP contribution in [-0.2, 0) is 6.42 Å². The molecule has 4 nitrogen and oxygen atoms in total. The molecule has 0 bridgehead atoms. The quantitative estimate of drug-likeness (QED) is 0.859. The first-order chi connectivity index (χ1) is 9.11. The molecule has 0 radical (unpaired) electrons. The maximum atomic E-state index is 5.65. The van der Waals surface area contributed by atoms with Crippen molar-refractivity contribution in [1.29, 1.82) is 0 Å². The molecule has 1 aromatic heterocycles. The van der Waals surface area contributed by atoms with Gasteiger partial charge in [0.2, 0.25) is 5.13 Å². The summed E-state index contributed by atoms with van der Waals surface area (Å²) in [5, 5.41) is 0.878. The van der Waals surface area contributed by atoms with E-state index in [-0.39, 0.29) is 0 Å². The van der Waals surface area contributed by atoms with Crippen molar-refractivity contribution >= 4 is 39.6 Å². The maximum Gasteiger partial charge on any atom is 0.209 e. The average molecular weight is 292 g/mol. The van der Waals surface area contributed by atoms with E-state index in [2.05, 4.69) is 16.3 Å². The molecule has 0 aliphatic rings. The molecule has 19 heavy (non-hydrogen) atoms. The van der Waals surface area contributed by atoms with Crippen molar-refractivity contribution in [2.45, 2.75) is 19.8 Å². The normalized spacial score (nSPS) is 10.4. The van der Waals surface area contributed by atoms with Gasteiger partial charge in [-0.1, -0.05) is 31.3 Å². The topological polar surface area (TPSA) is 55.0 Å². The summed E-state index contributed by atoms with van der Waals surface area (Å²) in [6, 6.07) is 7.81. The summed E-state index contributed by atoms with van der Waals surface area (Å²) in [6.07, 6.45) is 1.97. The molecule has 1 aromatic carbocycles. The summed E-state index contributed by atoms with van der Waals surface area (Å²) >= 11 is 6.40. The van der Waals surface area contributed by atoms with Gasteiger partial charge in [-0.05, 0) is 18.6 Å². The van der Waals surface area contributed by atoms with E-state index in [1.165, 1.54) is 11.5 Å². The number of rotatable bonds is 5. The standard InChI is InChI=1S/C13H16N4S2/c1-3-5-11-15-13(19-16-11)17(2)10-7-4-6-9(8-10)12(14)18/h4,6-8H,3,5H2,1-2H3,(H2,14,18). The minimum absolute atomic E-state index is 0.402. The van der Waals surface area contributed by atoms with E-state index in [1.54, 1.807) is 0 Å². The summed E-state index contributed by atoms with van der Waals surface area (Å²) in [5.74, 6) is 0.903. The number of hydrogen-bond donors (Lipinski definition) is 1. The lowest BCUT2D eigenvalue weighted by molar-refractivity contribution is 0.859. The largest absolute Gasteiger partial charge is 0.389 e. The lowest BCUT2D eigenvalue weighted by atomic mass is 10.2. The third kappa shape index (κ3) is 3.27. The van der Waals surface area contributed by atoms with Crippen LogP contribution in [0, 0.1) is 0 Å². The van der Waals surface area contributed by atoms with Crippen molar-refractivity contribution in [2.75, 3.05) is 11.9 Å². The minimum Gasteiger partial charge on any atom is -0.389 e. The molecule has 0 fully saturated rings. The predicted octanol–water partition coefficient (Wildman–Crippen LogP) is 2.89. The Morgan fingerprint density at radius 3 is 2.95 bits per heavy atom. The van der Waals surface area contributed by atoms with Crippen LogP contribution in [0.4, 0.5) is 10.8 Å². The summed E-state index contributed by atoms with van der Waals surface area (Å²) in [5.41, 5.74) is 7.52. The fourth-order valence-corrected chi connectivity index (χ4v) is 2.50. The van der Waals surface area contributed by atoms with Gasteiger partial charge < -0.3 is 10.6 Å². The van der Waals surface area contributed by atoms with Crippen molar-refractivity contribution < 1.29 is 0 Å². The van der Waals surface area contributed by atoms with Crippen LogP contribution < -0.4 is 10.6 Å². The van der Waals surface area contributed by atoms with Crippen LogP contribution in [0.3, 0.4) is 0 Å². The van der Waals surface area contributed by atoms with Crippen molar-refractivity contribution in [1.82, 2.24) is 9.36 Å². The van der Waals surface area contributed by atoms with Gasteiger partial charge >= 0.3 is 0 Å². The molecular weight excluding hydrogens is 276 g/mol. The first kappa shape index (κ1) is 13.9. The van der Waals surface area contributed by atoms with E-state index in [1.807, 2.05) is 36.2 Å². The minimum atomic E-state index is 0.402. The molecule has 1 heterocycles. The van der Waals surface area contributed by atoms with E-state index in [9.17, 15) is 0 Å². The van der Waals surface area contributed by atoms with Gasteiger partial charge in [-0.15, -0.1) is 0 Å². The lowest BCUT2D eigenvalue weighted by Crippen LogP contribution is -2.13. The Morgan fingerprint density at radius 2 is 2.26 bits per heavy atom. The molecule has 0 amide bonds. The average Bonchev–Trinajstić information content (AvgIpc) is 2.87. The van der Waals surface area contributed by atoms with Gasteiger partial charge in [-0.2, -0.15) is 4.37 Å². The maximum absolute atomic E-state index is 5.65. The number of thiocarbonyl (C=S) groups is 1. The summed E-state index contributed by atoms with van der Waals surface area (Å²) in [6.45, 7) is 2.12. The zero-order valence-corrected chi connectivity index (χ0v) is 12.6. The van der Waals surface area contributed by atoms with Crippen molar-refractivity contribution in [2.24, 2.45) is 5.73 Å². The first-order valence-corrected chi connectivity index (χ1v) is 7.26. The smallest absolute Gasteiger partial charge is 0.209 e. The molecule has 0 aliphatic carbocycles. The molecule has 2 N–H and O–H groups in total. The Morgan fingerprint density at radius 1 is 1.47 bits per heavy atom. The molecule has 0 saturated heterocycles. The van der Waals surface area contributed by atoms with Crippen LogP contribution in [0.15, 0.2) is 24.3 Å². The molecule has 2 rings (SSSR count). The third-order valence-electron chi connectivity index (χ3n) is 2.74. The van der Waals surface area contributed by atoms with Gasteiger partial charge in [0.1, 0.15) is 10.8 Å². The SMILES string of the molecule is CCCc1nsc(N(C)c2cccc(C(N)=S)c2)n1. The fourth-order valence-electron chi connectivity index (χ4n) is 1.68. The van der Waals surface area contributed by atoms with Crippen LogP contribution >= 0.6 is 23.8 Å². The molecule has 0 spiro atoms. The predicted molar refractivity (Wildman–Crippen MR) is 84.3 cm³/mol. The summed E-state index contributed by atoms with van der Waals surface area (Å²) < 4.78 is 4.35. The van der Waals surface area contributed by atoms with E-state index < -0.39 is 0 Å². The van der Waals surface area contributed by atoms with E-state index in [0.717, 1.165) is 35.0 Å².